The number of oxime groups is 1. The van der Waals surface area contributed by atoms with Gasteiger partial charge >= 0.3 is 5.97 Å². The maximum absolute atomic E-state index is 12.5. The summed E-state index contributed by atoms with van der Waals surface area (Å²) in [6, 6.07) is -1.06. The number of β-lactam (4-membered cyclic amide) rings is 1. The van der Waals surface area contributed by atoms with E-state index in [0.29, 0.717) is 0 Å². The number of amides is 2. The number of alkyl halides is 1. The third-order valence-corrected chi connectivity index (χ3v) is 5.68. The first-order valence-corrected chi connectivity index (χ1v) is 9.38. The van der Waals surface area contributed by atoms with Crippen LogP contribution in [0.1, 0.15) is 5.82 Å². The fourth-order valence-electron chi connectivity index (χ4n) is 2.62. The molecule has 3 heterocycles. The average molecular weight is 432 g/mol. The van der Waals surface area contributed by atoms with Crippen LogP contribution in [-0.4, -0.2) is 78.6 Å². The van der Waals surface area contributed by atoms with Gasteiger partial charge in [-0.3, -0.25) is 14.5 Å². The summed E-state index contributed by atoms with van der Waals surface area (Å²) < 4.78 is 16.1. The Morgan fingerprint density at radius 2 is 2.25 bits per heavy atom. The van der Waals surface area contributed by atoms with E-state index in [4.69, 9.17) is 5.73 Å². The first-order chi connectivity index (χ1) is 13.4. The molecule has 0 saturated carbocycles. The molecule has 2 atom stereocenters. The standard InChI is InChI=1S/C13H13FN6O6S2/c14-3-26-18-5(8-17-13(15)28-19-8)9(22)16-6-10(23)20-7(12(24)25)4(1-21)2-27-11(6)20/h6,11,21H,1-3H2,(H,16,22)(H,24,25)(H2,15,17,19)/b18-5-/t6-,11-/m1/s1. The number of thioether (sulfide) groups is 1. The highest BCUT2D eigenvalue weighted by atomic mass is 32.2. The molecule has 1 aromatic heterocycles. The molecule has 2 aliphatic rings. The molecule has 12 nitrogen and oxygen atoms in total. The lowest BCUT2D eigenvalue weighted by Crippen LogP contribution is -2.71. The van der Waals surface area contributed by atoms with E-state index in [1.165, 1.54) is 11.8 Å². The maximum atomic E-state index is 12.5. The SMILES string of the molecule is Nc1nc(/C(=N/OCF)C(=O)N[C@@H]2C(=O)N3C(C(=O)O)=C(CO)CS[C@H]23)ns1. The van der Waals surface area contributed by atoms with Crippen LogP contribution >= 0.6 is 23.3 Å². The number of carboxylic acids is 1. The molecule has 1 aromatic rings. The van der Waals surface area contributed by atoms with Crippen LogP contribution in [0.25, 0.3) is 0 Å². The van der Waals surface area contributed by atoms with E-state index >= 15 is 0 Å². The van der Waals surface area contributed by atoms with Crippen molar-refractivity contribution in [3.8, 4) is 0 Å². The first kappa shape index (κ1) is 20.0. The first-order valence-electron chi connectivity index (χ1n) is 7.56. The molecule has 0 aromatic carbocycles. The number of fused-ring (bicyclic) bond motifs is 1. The highest BCUT2D eigenvalue weighted by Crippen LogP contribution is 2.40. The summed E-state index contributed by atoms with van der Waals surface area (Å²) in [6.07, 6.45) is 0. The van der Waals surface area contributed by atoms with E-state index in [9.17, 15) is 29.0 Å². The molecule has 150 valence electrons. The van der Waals surface area contributed by atoms with Crippen LogP contribution in [0.2, 0.25) is 0 Å². The van der Waals surface area contributed by atoms with Gasteiger partial charge in [-0.05, 0) is 5.57 Å². The number of nitrogens with one attached hydrogen (secondary N) is 1. The third-order valence-electron chi connectivity index (χ3n) is 3.80. The number of nitrogen functional groups attached to an aromatic ring is 1. The normalized spacial score (nSPS) is 21.9. The highest BCUT2D eigenvalue weighted by molar-refractivity contribution is 8.00. The Balaban J connectivity index is 1.79. The molecular formula is C13H13FN6O6S2. The molecule has 5 N–H and O–H groups in total. The molecule has 1 fully saturated rings. The van der Waals surface area contributed by atoms with E-state index in [1.807, 2.05) is 0 Å². The zero-order valence-electron chi connectivity index (χ0n) is 13.9. The number of rotatable bonds is 7. The summed E-state index contributed by atoms with van der Waals surface area (Å²) in [6.45, 7) is -1.81. The summed E-state index contributed by atoms with van der Waals surface area (Å²) in [5.74, 6) is -2.98. The van der Waals surface area contributed by atoms with Crippen molar-refractivity contribution in [3.63, 3.8) is 0 Å². The van der Waals surface area contributed by atoms with E-state index in [1.54, 1.807) is 0 Å². The fraction of sp³-hybridized carbons (Fsp3) is 0.385. The summed E-state index contributed by atoms with van der Waals surface area (Å²) in [5.41, 5.74) is 4.88. The van der Waals surface area contributed by atoms with Gasteiger partial charge in [0, 0.05) is 17.3 Å². The number of nitrogens with zero attached hydrogens (tertiary/aromatic N) is 4. The Labute approximate surface area is 164 Å². The summed E-state index contributed by atoms with van der Waals surface area (Å²) in [7, 11) is 0. The minimum absolute atomic E-state index is 0.0391. The molecular weight excluding hydrogens is 419 g/mol. The summed E-state index contributed by atoms with van der Waals surface area (Å²) in [5, 5.41) is 23.7. The van der Waals surface area contributed by atoms with Gasteiger partial charge in [0.15, 0.2) is 5.13 Å². The van der Waals surface area contributed by atoms with E-state index in [-0.39, 0.29) is 28.0 Å². The number of anilines is 1. The lowest BCUT2D eigenvalue weighted by atomic mass is 10.0. The second kappa shape index (κ2) is 8.07. The van der Waals surface area contributed by atoms with Crippen LogP contribution < -0.4 is 11.1 Å². The molecule has 3 rings (SSSR count). The van der Waals surface area contributed by atoms with Crippen LogP contribution in [-0.2, 0) is 19.2 Å². The Hall–Kier alpha value is -2.78. The fourth-order valence-corrected chi connectivity index (χ4v) is 4.39. The Morgan fingerprint density at radius 1 is 1.50 bits per heavy atom. The van der Waals surface area contributed by atoms with Gasteiger partial charge in [-0.15, -0.1) is 11.8 Å². The topological polar surface area (TPSA) is 180 Å². The molecule has 0 bridgehead atoms. The molecule has 1 saturated heterocycles. The van der Waals surface area contributed by atoms with Crippen LogP contribution in [0.5, 0.6) is 0 Å². The van der Waals surface area contributed by atoms with Crippen molar-refractivity contribution >= 4 is 51.9 Å². The van der Waals surface area contributed by atoms with E-state index < -0.39 is 48.4 Å². The molecule has 0 spiro atoms. The number of aliphatic hydroxyl groups excluding tert-OH is 1. The number of hydrogen-bond donors (Lipinski definition) is 4. The summed E-state index contributed by atoms with van der Waals surface area (Å²) in [4.78, 5) is 45.4. The number of nitrogens with two attached hydrogens (primary N) is 1. The zero-order chi connectivity index (χ0) is 20.4. The largest absolute Gasteiger partial charge is 0.477 e. The van der Waals surface area contributed by atoms with Crippen molar-refractivity contribution in [2.45, 2.75) is 11.4 Å². The van der Waals surface area contributed by atoms with Crippen molar-refractivity contribution in [1.29, 1.82) is 0 Å². The van der Waals surface area contributed by atoms with Crippen molar-refractivity contribution in [3.05, 3.63) is 17.1 Å². The number of carboxylic acid groups (broad SMARTS) is 1. The summed E-state index contributed by atoms with van der Waals surface area (Å²) >= 11 is 1.96. The number of carbonyl (C=O) groups is 3. The Morgan fingerprint density at radius 3 is 2.82 bits per heavy atom. The maximum Gasteiger partial charge on any atom is 0.352 e. The third kappa shape index (κ3) is 3.50. The number of aliphatic hydroxyl groups is 1. The molecule has 0 unspecified atom stereocenters. The molecule has 28 heavy (non-hydrogen) atoms. The number of hydrogen-bond acceptors (Lipinski definition) is 11. The number of carbonyl (C=O) groups excluding carboxylic acids is 2. The van der Waals surface area contributed by atoms with Crippen LogP contribution in [0.4, 0.5) is 9.52 Å². The zero-order valence-corrected chi connectivity index (χ0v) is 15.5. The number of halogens is 1. The second-order valence-corrected chi connectivity index (χ2v) is 7.30. The van der Waals surface area contributed by atoms with Gasteiger partial charge in [0.25, 0.3) is 18.7 Å². The van der Waals surface area contributed by atoms with Crippen LogP contribution in [0.15, 0.2) is 16.4 Å². The van der Waals surface area contributed by atoms with Crippen molar-refractivity contribution in [2.75, 3.05) is 25.0 Å². The van der Waals surface area contributed by atoms with Gasteiger partial charge in [-0.25, -0.2) is 9.18 Å². The van der Waals surface area contributed by atoms with E-state index in [0.717, 1.165) is 16.4 Å². The van der Waals surface area contributed by atoms with E-state index in [2.05, 4.69) is 24.7 Å². The average Bonchev–Trinajstić information content (AvgIpc) is 3.10. The van der Waals surface area contributed by atoms with Crippen molar-refractivity contribution < 1.29 is 33.8 Å². The van der Waals surface area contributed by atoms with Crippen LogP contribution in [0.3, 0.4) is 0 Å². The van der Waals surface area contributed by atoms with Crippen LogP contribution in [0, 0.1) is 0 Å². The predicted molar refractivity (Wildman–Crippen MR) is 94.7 cm³/mol. The smallest absolute Gasteiger partial charge is 0.352 e. The van der Waals surface area contributed by atoms with Gasteiger partial charge in [-0.1, -0.05) is 5.16 Å². The lowest BCUT2D eigenvalue weighted by Gasteiger charge is -2.49. The predicted octanol–water partition coefficient (Wildman–Crippen LogP) is -1.50. The van der Waals surface area contributed by atoms with Crippen molar-refractivity contribution in [1.82, 2.24) is 19.6 Å². The minimum Gasteiger partial charge on any atom is -0.477 e. The molecule has 0 aliphatic carbocycles. The quantitative estimate of drug-likeness (QED) is 0.225. The Kier molecular flexibility index (Phi) is 5.76. The van der Waals surface area contributed by atoms with Gasteiger partial charge in [0.1, 0.15) is 17.1 Å². The lowest BCUT2D eigenvalue weighted by molar-refractivity contribution is -0.150. The van der Waals surface area contributed by atoms with Gasteiger partial charge in [-0.2, -0.15) is 9.36 Å². The molecule has 2 aliphatic heterocycles. The van der Waals surface area contributed by atoms with Gasteiger partial charge in [0.05, 0.1) is 6.61 Å². The second-order valence-electron chi connectivity index (χ2n) is 5.41. The molecule has 2 amide bonds. The number of aliphatic carboxylic acids is 1. The monoisotopic (exact) mass is 432 g/mol. The highest BCUT2D eigenvalue weighted by Gasteiger charge is 2.54. The van der Waals surface area contributed by atoms with Gasteiger partial charge in [0.2, 0.25) is 11.5 Å². The number of aromatic nitrogens is 2. The van der Waals surface area contributed by atoms with Gasteiger partial charge < -0.3 is 26.1 Å². The van der Waals surface area contributed by atoms with Crippen molar-refractivity contribution in [2.24, 2.45) is 5.16 Å². The Bertz CT molecular complexity index is 889. The molecule has 0 radical (unpaired) electrons. The molecule has 15 heteroatoms. The minimum atomic E-state index is -1.35.